The van der Waals surface area contributed by atoms with Crippen LogP contribution in [-0.4, -0.2) is 33.1 Å². The maximum atomic E-state index is 10.2. The van der Waals surface area contributed by atoms with Gasteiger partial charge in [-0.2, -0.15) is 0 Å². The Balaban J connectivity index is 1.73. The molecule has 0 aromatic rings. The Kier molecular flexibility index (Phi) is 7.37. The number of allylic oxidation sites excluding steroid dienone is 4. The summed E-state index contributed by atoms with van der Waals surface area (Å²) in [6.07, 6.45) is 16.5. The summed E-state index contributed by atoms with van der Waals surface area (Å²) in [7, 11) is 0. The summed E-state index contributed by atoms with van der Waals surface area (Å²) < 4.78 is 0. The molecule has 170 valence electrons. The van der Waals surface area contributed by atoms with Gasteiger partial charge >= 0.3 is 0 Å². The first kappa shape index (κ1) is 23.8. The second-order valence-corrected chi connectivity index (χ2v) is 11.3. The van der Waals surface area contributed by atoms with Crippen molar-refractivity contribution < 1.29 is 15.3 Å². The van der Waals surface area contributed by atoms with Crippen molar-refractivity contribution >= 4 is 0 Å². The van der Waals surface area contributed by atoms with Crippen molar-refractivity contribution in [1.82, 2.24) is 0 Å². The van der Waals surface area contributed by atoms with Gasteiger partial charge in [-0.3, -0.25) is 0 Å². The van der Waals surface area contributed by atoms with E-state index in [1.807, 2.05) is 13.8 Å². The summed E-state index contributed by atoms with van der Waals surface area (Å²) in [6.45, 7) is 10.7. The molecule has 7 atom stereocenters. The van der Waals surface area contributed by atoms with Crippen molar-refractivity contribution in [2.24, 2.45) is 29.1 Å². The van der Waals surface area contributed by atoms with Gasteiger partial charge in [0.05, 0.1) is 17.8 Å². The summed E-state index contributed by atoms with van der Waals surface area (Å²) in [4.78, 5) is 0. The van der Waals surface area contributed by atoms with Crippen molar-refractivity contribution in [1.29, 1.82) is 0 Å². The van der Waals surface area contributed by atoms with E-state index in [4.69, 9.17) is 0 Å². The Bertz CT molecular complexity index is 671. The molecule has 3 rings (SSSR count). The Hall–Kier alpha value is -0.900. The molecule has 0 heterocycles. The third-order valence-corrected chi connectivity index (χ3v) is 8.56. The molecule has 0 spiro atoms. The molecule has 0 bridgehead atoms. The van der Waals surface area contributed by atoms with Gasteiger partial charge in [0.25, 0.3) is 0 Å². The predicted octanol–water partition coefficient (Wildman–Crippen LogP) is 5.56. The predicted molar refractivity (Wildman–Crippen MR) is 124 cm³/mol. The molecule has 3 aliphatic carbocycles. The standard InChI is InChI=1S/C27H44O3/c1-18(8-9-19(2)26(3,4)30)24-12-13-25-21(7-6-14-27(24,25)5)11-10-20-15-22(28)17-23(29)16-20/h8-11,18-19,22-25,28-30H,6-7,12-17H2,1-5H3/b9-8?,21-11+/t18-,19+,22-,23-,24-,25+,27-/m1/s1. The number of aliphatic hydroxyl groups is 3. The van der Waals surface area contributed by atoms with Crippen LogP contribution in [0.25, 0.3) is 0 Å². The number of hydrogen-bond donors (Lipinski definition) is 3. The van der Waals surface area contributed by atoms with Gasteiger partial charge in [0.2, 0.25) is 0 Å². The lowest BCUT2D eigenvalue weighted by molar-refractivity contribution is 0.0436. The SMILES string of the molecule is C[C@H](C=C[C@H](C)C(C)(C)O)[C@H]1CC[C@H]2/C(=C/C=C3C[C@@H](O)C[C@H](O)C3)CCC[C@]12C. The van der Waals surface area contributed by atoms with Gasteiger partial charge in [0.1, 0.15) is 0 Å². The van der Waals surface area contributed by atoms with Gasteiger partial charge in [-0.25, -0.2) is 0 Å². The van der Waals surface area contributed by atoms with Crippen LogP contribution in [0.1, 0.15) is 86.0 Å². The number of aliphatic hydroxyl groups excluding tert-OH is 2. The zero-order valence-corrected chi connectivity index (χ0v) is 19.8. The highest BCUT2D eigenvalue weighted by molar-refractivity contribution is 5.26. The van der Waals surface area contributed by atoms with Crippen molar-refractivity contribution in [3.63, 3.8) is 0 Å². The molecule has 0 saturated heterocycles. The van der Waals surface area contributed by atoms with Gasteiger partial charge in [-0.15, -0.1) is 0 Å². The lowest BCUT2D eigenvalue weighted by atomic mass is 9.61. The average molecular weight is 417 g/mol. The minimum absolute atomic E-state index is 0.152. The minimum Gasteiger partial charge on any atom is -0.393 e. The van der Waals surface area contributed by atoms with Crippen LogP contribution < -0.4 is 0 Å². The highest BCUT2D eigenvalue weighted by atomic mass is 16.3. The van der Waals surface area contributed by atoms with E-state index in [1.54, 1.807) is 5.57 Å². The van der Waals surface area contributed by atoms with Crippen molar-refractivity contribution in [2.75, 3.05) is 0 Å². The number of fused-ring (bicyclic) bond motifs is 1. The fraction of sp³-hybridized carbons (Fsp3) is 0.778. The van der Waals surface area contributed by atoms with Crippen LogP contribution in [0.5, 0.6) is 0 Å². The third-order valence-electron chi connectivity index (χ3n) is 8.56. The van der Waals surface area contributed by atoms with Gasteiger partial charge in [-0.1, -0.05) is 56.2 Å². The Morgan fingerprint density at radius 3 is 2.33 bits per heavy atom. The Morgan fingerprint density at radius 1 is 1.03 bits per heavy atom. The molecule has 3 heteroatoms. The van der Waals surface area contributed by atoms with Crippen LogP contribution >= 0.6 is 0 Å². The molecular weight excluding hydrogens is 372 g/mol. The quantitative estimate of drug-likeness (QED) is 0.514. The molecule has 0 unspecified atom stereocenters. The normalized spacial score (nSPS) is 38.7. The molecule has 0 aliphatic heterocycles. The number of rotatable bonds is 5. The molecule has 3 aliphatic rings. The van der Waals surface area contributed by atoms with E-state index in [9.17, 15) is 15.3 Å². The van der Waals surface area contributed by atoms with Crippen LogP contribution in [-0.2, 0) is 0 Å². The van der Waals surface area contributed by atoms with E-state index in [2.05, 4.69) is 45.1 Å². The largest absolute Gasteiger partial charge is 0.393 e. The molecule has 0 aromatic heterocycles. The van der Waals surface area contributed by atoms with Gasteiger partial charge < -0.3 is 15.3 Å². The maximum absolute atomic E-state index is 10.2. The minimum atomic E-state index is -0.674. The van der Waals surface area contributed by atoms with E-state index in [0.717, 1.165) is 0 Å². The molecule has 3 nitrogen and oxygen atoms in total. The zero-order valence-electron chi connectivity index (χ0n) is 19.8. The van der Waals surface area contributed by atoms with E-state index in [0.29, 0.717) is 42.4 Å². The van der Waals surface area contributed by atoms with Crippen LogP contribution in [0, 0.1) is 29.1 Å². The Labute approximate surface area is 184 Å². The summed E-state index contributed by atoms with van der Waals surface area (Å²) in [6, 6.07) is 0. The fourth-order valence-electron chi connectivity index (χ4n) is 6.39. The van der Waals surface area contributed by atoms with Crippen LogP contribution in [0.15, 0.2) is 35.5 Å². The highest BCUT2D eigenvalue weighted by Crippen LogP contribution is 2.59. The topological polar surface area (TPSA) is 60.7 Å². The summed E-state index contributed by atoms with van der Waals surface area (Å²) in [5.74, 6) is 2.00. The first-order chi connectivity index (χ1) is 14.0. The van der Waals surface area contributed by atoms with E-state index >= 15 is 0 Å². The summed E-state index contributed by atoms with van der Waals surface area (Å²) in [5.41, 5.74) is 2.43. The lowest BCUT2D eigenvalue weighted by Crippen LogP contribution is -2.35. The molecule has 0 aromatic carbocycles. The first-order valence-corrected chi connectivity index (χ1v) is 12.2. The highest BCUT2D eigenvalue weighted by Gasteiger charge is 2.50. The first-order valence-electron chi connectivity index (χ1n) is 12.2. The monoisotopic (exact) mass is 416 g/mol. The molecule has 3 N–H and O–H groups in total. The van der Waals surface area contributed by atoms with E-state index in [-0.39, 0.29) is 5.92 Å². The number of hydrogen-bond acceptors (Lipinski definition) is 3. The molecule has 0 radical (unpaired) electrons. The smallest absolute Gasteiger partial charge is 0.0651 e. The van der Waals surface area contributed by atoms with Crippen molar-refractivity contribution in [3.05, 3.63) is 35.5 Å². The van der Waals surface area contributed by atoms with Gasteiger partial charge in [-0.05, 0) is 88.4 Å². The second-order valence-electron chi connectivity index (χ2n) is 11.3. The summed E-state index contributed by atoms with van der Waals surface area (Å²) >= 11 is 0. The molecule has 30 heavy (non-hydrogen) atoms. The lowest BCUT2D eigenvalue weighted by Gasteiger charge is -2.44. The van der Waals surface area contributed by atoms with Gasteiger partial charge in [0.15, 0.2) is 0 Å². The Morgan fingerprint density at radius 2 is 1.70 bits per heavy atom. The molecule has 3 fully saturated rings. The third kappa shape index (κ3) is 5.29. The molecule has 3 saturated carbocycles. The van der Waals surface area contributed by atoms with Crippen LogP contribution in [0.3, 0.4) is 0 Å². The van der Waals surface area contributed by atoms with E-state index in [1.165, 1.54) is 37.7 Å². The summed E-state index contributed by atoms with van der Waals surface area (Å²) in [5, 5.41) is 30.2. The van der Waals surface area contributed by atoms with Crippen molar-refractivity contribution in [2.45, 2.75) is 104 Å². The molecule has 0 amide bonds. The zero-order chi connectivity index (χ0) is 22.1. The van der Waals surface area contributed by atoms with E-state index < -0.39 is 17.8 Å². The fourth-order valence-corrected chi connectivity index (χ4v) is 6.39. The van der Waals surface area contributed by atoms with Crippen LogP contribution in [0.4, 0.5) is 0 Å². The average Bonchev–Trinajstić information content (AvgIpc) is 3.00. The van der Waals surface area contributed by atoms with Crippen molar-refractivity contribution in [3.8, 4) is 0 Å². The maximum Gasteiger partial charge on any atom is 0.0651 e. The van der Waals surface area contributed by atoms with Crippen LogP contribution in [0.2, 0.25) is 0 Å². The second kappa shape index (κ2) is 9.30. The molecular formula is C27H44O3. The van der Waals surface area contributed by atoms with Gasteiger partial charge in [0, 0.05) is 5.92 Å².